The molecule has 0 bridgehead atoms. The average Bonchev–Trinajstić information content (AvgIpc) is 2.43. The highest BCUT2D eigenvalue weighted by Gasteiger charge is 2.34. The van der Waals surface area contributed by atoms with E-state index < -0.39 is 5.60 Å². The van der Waals surface area contributed by atoms with E-state index in [4.69, 9.17) is 4.74 Å². The molecule has 0 aliphatic heterocycles. The lowest BCUT2D eigenvalue weighted by atomic mass is 9.88. The van der Waals surface area contributed by atoms with Gasteiger partial charge in [0.05, 0.1) is 0 Å². The van der Waals surface area contributed by atoms with Crippen molar-refractivity contribution in [2.75, 3.05) is 6.61 Å². The summed E-state index contributed by atoms with van der Waals surface area (Å²) in [7, 11) is 0. The fourth-order valence-electron chi connectivity index (χ4n) is 2.68. The largest absolute Gasteiger partial charge is 0.368 e. The quantitative estimate of drug-likeness (QED) is 0.425. The van der Waals surface area contributed by atoms with Crippen LogP contribution in [-0.4, -0.2) is 18.0 Å². The first-order chi connectivity index (χ1) is 9.16. The van der Waals surface area contributed by atoms with Gasteiger partial charge in [-0.25, -0.2) is 0 Å². The minimum atomic E-state index is -0.503. The third-order valence-electron chi connectivity index (χ3n) is 4.08. The molecule has 0 radical (unpaired) electrons. The Kier molecular flexibility index (Phi) is 11.2. The smallest absolute Gasteiger partial charge is 0.164 e. The molecule has 0 saturated carbocycles. The van der Waals surface area contributed by atoms with Crippen LogP contribution >= 0.6 is 0 Å². The molecule has 19 heavy (non-hydrogen) atoms. The minimum Gasteiger partial charge on any atom is -0.368 e. The number of unbranched alkanes of at least 4 members (excludes halogenated alkanes) is 6. The summed E-state index contributed by atoms with van der Waals surface area (Å²) in [5.74, 6) is 0.313. The van der Waals surface area contributed by atoms with Crippen molar-refractivity contribution in [3.8, 4) is 0 Å². The molecule has 114 valence electrons. The summed E-state index contributed by atoms with van der Waals surface area (Å²) in [6, 6.07) is 0. The third-order valence-corrected chi connectivity index (χ3v) is 4.08. The van der Waals surface area contributed by atoms with Crippen LogP contribution in [0.15, 0.2) is 0 Å². The summed E-state index contributed by atoms with van der Waals surface area (Å²) in [5, 5.41) is 0. The number of carbonyl (C=O) groups is 1. The van der Waals surface area contributed by atoms with Crippen molar-refractivity contribution in [2.24, 2.45) is 0 Å². The Hall–Kier alpha value is -0.370. The Morgan fingerprint density at radius 1 is 0.842 bits per heavy atom. The van der Waals surface area contributed by atoms with E-state index in [1.54, 1.807) is 0 Å². The zero-order chi connectivity index (χ0) is 14.6. The van der Waals surface area contributed by atoms with Gasteiger partial charge in [0.1, 0.15) is 5.60 Å². The molecule has 0 amide bonds. The highest BCUT2D eigenvalue weighted by Crippen LogP contribution is 2.24. The fraction of sp³-hybridized carbons (Fsp3) is 0.941. The van der Waals surface area contributed by atoms with Gasteiger partial charge in [0.2, 0.25) is 0 Å². The molecular weight excluding hydrogens is 236 g/mol. The highest BCUT2D eigenvalue weighted by atomic mass is 16.5. The van der Waals surface area contributed by atoms with Crippen LogP contribution in [0, 0.1) is 0 Å². The van der Waals surface area contributed by atoms with Crippen LogP contribution in [0.4, 0.5) is 0 Å². The zero-order valence-corrected chi connectivity index (χ0v) is 13.6. The Labute approximate surface area is 120 Å². The average molecular weight is 270 g/mol. The molecule has 0 atom stereocenters. The SMILES string of the molecule is CCCCCCCCCC(=O)C(CC)(CC)OCC. The van der Waals surface area contributed by atoms with Crippen molar-refractivity contribution in [2.45, 2.75) is 97.5 Å². The van der Waals surface area contributed by atoms with E-state index in [0.717, 1.165) is 19.3 Å². The number of ketones is 1. The molecule has 2 heteroatoms. The van der Waals surface area contributed by atoms with Gasteiger partial charge in [-0.3, -0.25) is 4.79 Å². The normalized spacial score (nSPS) is 11.8. The number of hydrogen-bond donors (Lipinski definition) is 0. The molecule has 0 rings (SSSR count). The minimum absolute atomic E-state index is 0.313. The molecule has 0 aromatic rings. The monoisotopic (exact) mass is 270 g/mol. The van der Waals surface area contributed by atoms with Crippen LogP contribution in [0.3, 0.4) is 0 Å². The van der Waals surface area contributed by atoms with Gasteiger partial charge < -0.3 is 4.74 Å². The van der Waals surface area contributed by atoms with Gasteiger partial charge in [-0.05, 0) is 26.2 Å². The number of rotatable bonds is 13. The van der Waals surface area contributed by atoms with Gasteiger partial charge in [-0.2, -0.15) is 0 Å². The summed E-state index contributed by atoms with van der Waals surface area (Å²) >= 11 is 0. The van der Waals surface area contributed by atoms with Crippen molar-refractivity contribution in [1.82, 2.24) is 0 Å². The standard InChI is InChI=1S/C17H34O2/c1-5-9-10-11-12-13-14-15-16(18)17(6-2,7-3)19-8-4/h5-15H2,1-4H3. The van der Waals surface area contributed by atoms with Crippen LogP contribution < -0.4 is 0 Å². The first-order valence-electron chi connectivity index (χ1n) is 8.34. The number of ether oxygens (including phenoxy) is 1. The number of Topliss-reactive ketones (excluding diaryl/α,β-unsaturated/α-hetero) is 1. The molecule has 2 nitrogen and oxygen atoms in total. The lowest BCUT2D eigenvalue weighted by Gasteiger charge is -2.30. The van der Waals surface area contributed by atoms with Crippen molar-refractivity contribution in [3.05, 3.63) is 0 Å². The molecule has 0 fully saturated rings. The fourth-order valence-corrected chi connectivity index (χ4v) is 2.68. The van der Waals surface area contributed by atoms with E-state index in [9.17, 15) is 4.79 Å². The third kappa shape index (κ3) is 7.10. The summed E-state index contributed by atoms with van der Waals surface area (Å²) in [4.78, 5) is 12.3. The van der Waals surface area contributed by atoms with Crippen molar-refractivity contribution >= 4 is 5.78 Å². The second kappa shape index (κ2) is 11.5. The molecule has 0 aliphatic carbocycles. The van der Waals surface area contributed by atoms with Crippen molar-refractivity contribution < 1.29 is 9.53 Å². The maximum absolute atomic E-state index is 12.3. The van der Waals surface area contributed by atoms with E-state index in [0.29, 0.717) is 18.8 Å². The second-order valence-electron chi connectivity index (χ2n) is 5.43. The lowest BCUT2D eigenvalue weighted by Crippen LogP contribution is -2.40. The molecule has 0 aromatic carbocycles. The van der Waals surface area contributed by atoms with Crippen LogP contribution in [0.2, 0.25) is 0 Å². The van der Waals surface area contributed by atoms with E-state index in [-0.39, 0.29) is 0 Å². The topological polar surface area (TPSA) is 26.3 Å². The summed E-state index contributed by atoms with van der Waals surface area (Å²) in [6.07, 6.45) is 11.1. The van der Waals surface area contributed by atoms with Crippen LogP contribution in [0.1, 0.15) is 91.9 Å². The van der Waals surface area contributed by atoms with Crippen molar-refractivity contribution in [3.63, 3.8) is 0 Å². The Balaban J connectivity index is 3.87. The van der Waals surface area contributed by atoms with Gasteiger partial charge in [0.25, 0.3) is 0 Å². The van der Waals surface area contributed by atoms with E-state index >= 15 is 0 Å². The van der Waals surface area contributed by atoms with Gasteiger partial charge in [-0.15, -0.1) is 0 Å². The second-order valence-corrected chi connectivity index (χ2v) is 5.43. The Morgan fingerprint density at radius 3 is 1.84 bits per heavy atom. The van der Waals surface area contributed by atoms with E-state index in [1.165, 1.54) is 38.5 Å². The molecule has 0 unspecified atom stereocenters. The van der Waals surface area contributed by atoms with Gasteiger partial charge in [-0.1, -0.05) is 59.3 Å². The van der Waals surface area contributed by atoms with Crippen LogP contribution in [0.5, 0.6) is 0 Å². The van der Waals surface area contributed by atoms with Gasteiger partial charge in [0.15, 0.2) is 5.78 Å². The first kappa shape index (κ1) is 18.6. The highest BCUT2D eigenvalue weighted by molar-refractivity contribution is 5.87. The Morgan fingerprint density at radius 2 is 1.37 bits per heavy atom. The molecule has 0 aliphatic rings. The molecule has 0 saturated heterocycles. The predicted octanol–water partition coefficient (Wildman–Crippen LogP) is 5.29. The maximum atomic E-state index is 12.3. The zero-order valence-electron chi connectivity index (χ0n) is 13.6. The molecule has 0 heterocycles. The molecule has 0 aromatic heterocycles. The van der Waals surface area contributed by atoms with Gasteiger partial charge in [0, 0.05) is 13.0 Å². The molecule has 0 spiro atoms. The summed E-state index contributed by atoms with van der Waals surface area (Å²) in [5.41, 5.74) is -0.503. The first-order valence-corrected chi connectivity index (χ1v) is 8.34. The summed E-state index contributed by atoms with van der Waals surface area (Å²) < 4.78 is 5.75. The number of carbonyl (C=O) groups excluding carboxylic acids is 1. The van der Waals surface area contributed by atoms with Crippen LogP contribution in [0.25, 0.3) is 0 Å². The van der Waals surface area contributed by atoms with E-state index in [2.05, 4.69) is 20.8 Å². The maximum Gasteiger partial charge on any atom is 0.164 e. The Bertz CT molecular complexity index is 219. The predicted molar refractivity (Wildman–Crippen MR) is 82.6 cm³/mol. The van der Waals surface area contributed by atoms with Crippen molar-refractivity contribution in [1.29, 1.82) is 0 Å². The molecular formula is C17H34O2. The lowest BCUT2D eigenvalue weighted by molar-refractivity contribution is -0.145. The molecule has 0 N–H and O–H groups in total. The number of hydrogen-bond acceptors (Lipinski definition) is 2. The van der Waals surface area contributed by atoms with E-state index in [1.807, 2.05) is 6.92 Å². The summed E-state index contributed by atoms with van der Waals surface area (Å²) in [6.45, 7) is 8.95. The van der Waals surface area contributed by atoms with Gasteiger partial charge >= 0.3 is 0 Å². The van der Waals surface area contributed by atoms with Crippen LogP contribution in [-0.2, 0) is 9.53 Å².